The molecular weight excluding hydrogens is 267 g/mol. The van der Waals surface area contributed by atoms with Crippen LogP contribution in [0.5, 0.6) is 0 Å². The fourth-order valence-corrected chi connectivity index (χ4v) is 2.82. The van der Waals surface area contributed by atoms with Gasteiger partial charge in [-0.2, -0.15) is 0 Å². The fraction of sp³-hybridized carbons (Fsp3) is 0.647. The molecule has 1 saturated heterocycles. The van der Waals surface area contributed by atoms with Gasteiger partial charge in [0.05, 0.1) is 13.2 Å². The lowest BCUT2D eigenvalue weighted by Gasteiger charge is -2.34. The van der Waals surface area contributed by atoms with Crippen molar-refractivity contribution in [3.63, 3.8) is 0 Å². The van der Waals surface area contributed by atoms with Crippen molar-refractivity contribution < 1.29 is 9.13 Å². The van der Waals surface area contributed by atoms with Gasteiger partial charge < -0.3 is 10.1 Å². The SMILES string of the molecule is CCCNC(CCN1CCOCC1C)c1cccc(F)c1. The summed E-state index contributed by atoms with van der Waals surface area (Å²) < 4.78 is 18.9. The molecule has 1 N–H and O–H groups in total. The van der Waals surface area contributed by atoms with Gasteiger partial charge in [-0.25, -0.2) is 4.39 Å². The van der Waals surface area contributed by atoms with Crippen molar-refractivity contribution in [1.29, 1.82) is 0 Å². The van der Waals surface area contributed by atoms with Gasteiger partial charge >= 0.3 is 0 Å². The van der Waals surface area contributed by atoms with Crippen LogP contribution in [0.4, 0.5) is 4.39 Å². The molecule has 0 amide bonds. The highest BCUT2D eigenvalue weighted by atomic mass is 19.1. The first-order chi connectivity index (χ1) is 10.2. The molecule has 0 spiro atoms. The number of morpholine rings is 1. The van der Waals surface area contributed by atoms with Crippen LogP contribution in [0.25, 0.3) is 0 Å². The minimum atomic E-state index is -0.157. The Morgan fingerprint density at radius 3 is 3.05 bits per heavy atom. The van der Waals surface area contributed by atoms with E-state index in [-0.39, 0.29) is 11.9 Å². The van der Waals surface area contributed by atoms with Gasteiger partial charge in [-0.15, -0.1) is 0 Å². The molecule has 21 heavy (non-hydrogen) atoms. The average molecular weight is 294 g/mol. The Kier molecular flexibility index (Phi) is 6.61. The first kappa shape index (κ1) is 16.4. The van der Waals surface area contributed by atoms with Gasteiger partial charge in [0.15, 0.2) is 0 Å². The third-order valence-corrected chi connectivity index (χ3v) is 4.10. The lowest BCUT2D eigenvalue weighted by atomic mass is 10.0. The van der Waals surface area contributed by atoms with Crippen LogP contribution in [-0.2, 0) is 4.74 Å². The number of halogens is 1. The number of rotatable bonds is 7. The van der Waals surface area contributed by atoms with E-state index in [0.29, 0.717) is 6.04 Å². The number of ether oxygens (including phenoxy) is 1. The summed E-state index contributed by atoms with van der Waals surface area (Å²) in [5.74, 6) is -0.157. The van der Waals surface area contributed by atoms with Crippen molar-refractivity contribution >= 4 is 0 Å². The van der Waals surface area contributed by atoms with Crippen LogP contribution in [0.1, 0.15) is 38.3 Å². The van der Waals surface area contributed by atoms with E-state index in [1.165, 1.54) is 6.07 Å². The van der Waals surface area contributed by atoms with Crippen LogP contribution in [0, 0.1) is 5.82 Å². The first-order valence-corrected chi connectivity index (χ1v) is 8.01. The molecule has 1 heterocycles. The lowest BCUT2D eigenvalue weighted by Crippen LogP contribution is -2.44. The van der Waals surface area contributed by atoms with E-state index in [1.54, 1.807) is 12.1 Å². The molecular formula is C17H27FN2O. The molecule has 2 unspecified atom stereocenters. The largest absolute Gasteiger partial charge is 0.379 e. The number of nitrogens with zero attached hydrogens (tertiary/aromatic N) is 1. The summed E-state index contributed by atoms with van der Waals surface area (Å²) in [6.07, 6.45) is 2.08. The third kappa shape index (κ3) is 5.06. The molecule has 4 heteroatoms. The van der Waals surface area contributed by atoms with Gasteiger partial charge in [-0.3, -0.25) is 4.90 Å². The highest BCUT2D eigenvalue weighted by Gasteiger charge is 2.20. The van der Waals surface area contributed by atoms with Gasteiger partial charge in [0.25, 0.3) is 0 Å². The number of nitrogens with one attached hydrogen (secondary N) is 1. The lowest BCUT2D eigenvalue weighted by molar-refractivity contribution is -0.00182. The Morgan fingerprint density at radius 1 is 1.48 bits per heavy atom. The van der Waals surface area contributed by atoms with E-state index >= 15 is 0 Å². The molecule has 2 atom stereocenters. The van der Waals surface area contributed by atoms with Crippen molar-refractivity contribution in [3.8, 4) is 0 Å². The van der Waals surface area contributed by atoms with Crippen molar-refractivity contribution in [2.45, 2.75) is 38.8 Å². The molecule has 0 radical (unpaired) electrons. The first-order valence-electron chi connectivity index (χ1n) is 8.01. The minimum absolute atomic E-state index is 0.157. The van der Waals surface area contributed by atoms with Crippen LogP contribution >= 0.6 is 0 Å². The quantitative estimate of drug-likeness (QED) is 0.837. The Bertz CT molecular complexity index is 427. The highest BCUT2D eigenvalue weighted by Crippen LogP contribution is 2.19. The molecule has 0 saturated carbocycles. The second kappa shape index (κ2) is 8.47. The standard InChI is InChI=1S/C17H27FN2O/c1-3-8-19-17(15-5-4-6-16(18)12-15)7-9-20-10-11-21-13-14(20)2/h4-6,12,14,17,19H,3,7-11,13H2,1-2H3. The molecule has 1 aromatic rings. The second-order valence-electron chi connectivity index (χ2n) is 5.81. The van der Waals surface area contributed by atoms with E-state index in [1.807, 2.05) is 6.07 Å². The van der Waals surface area contributed by atoms with Crippen LogP contribution < -0.4 is 5.32 Å². The number of hydrogen-bond donors (Lipinski definition) is 1. The summed E-state index contributed by atoms with van der Waals surface area (Å²) in [6, 6.07) is 7.65. The van der Waals surface area contributed by atoms with Gasteiger partial charge in [-0.1, -0.05) is 19.1 Å². The van der Waals surface area contributed by atoms with E-state index < -0.39 is 0 Å². The Balaban J connectivity index is 1.95. The maximum absolute atomic E-state index is 13.5. The molecule has 1 aliphatic heterocycles. The number of benzene rings is 1. The summed E-state index contributed by atoms with van der Waals surface area (Å²) in [5, 5.41) is 3.54. The maximum atomic E-state index is 13.5. The van der Waals surface area contributed by atoms with Crippen LogP contribution in [0.2, 0.25) is 0 Å². The van der Waals surface area contributed by atoms with E-state index in [9.17, 15) is 4.39 Å². The zero-order valence-electron chi connectivity index (χ0n) is 13.1. The van der Waals surface area contributed by atoms with Crippen molar-refractivity contribution in [2.24, 2.45) is 0 Å². The van der Waals surface area contributed by atoms with Gasteiger partial charge in [0.1, 0.15) is 5.82 Å². The average Bonchev–Trinajstić information content (AvgIpc) is 2.49. The minimum Gasteiger partial charge on any atom is -0.379 e. The van der Waals surface area contributed by atoms with E-state index in [2.05, 4.69) is 24.1 Å². The Labute approximate surface area is 127 Å². The monoisotopic (exact) mass is 294 g/mol. The Hall–Kier alpha value is -0.970. The summed E-state index contributed by atoms with van der Waals surface area (Å²) in [7, 11) is 0. The van der Waals surface area contributed by atoms with E-state index in [0.717, 1.165) is 51.3 Å². The summed E-state index contributed by atoms with van der Waals surface area (Å²) in [6.45, 7) is 8.95. The molecule has 1 aromatic carbocycles. The summed E-state index contributed by atoms with van der Waals surface area (Å²) in [4.78, 5) is 2.46. The van der Waals surface area contributed by atoms with Crippen LogP contribution in [0.3, 0.4) is 0 Å². The normalized spacial score (nSPS) is 21.4. The smallest absolute Gasteiger partial charge is 0.123 e. The highest BCUT2D eigenvalue weighted by molar-refractivity contribution is 5.20. The fourth-order valence-electron chi connectivity index (χ4n) is 2.82. The predicted molar refractivity (Wildman–Crippen MR) is 83.9 cm³/mol. The third-order valence-electron chi connectivity index (χ3n) is 4.10. The number of hydrogen-bond acceptors (Lipinski definition) is 3. The molecule has 0 aliphatic carbocycles. The topological polar surface area (TPSA) is 24.5 Å². The molecule has 0 bridgehead atoms. The molecule has 118 valence electrons. The molecule has 2 rings (SSSR count). The predicted octanol–water partition coefficient (Wildman–Crippen LogP) is 2.98. The second-order valence-corrected chi connectivity index (χ2v) is 5.81. The molecule has 1 fully saturated rings. The summed E-state index contributed by atoms with van der Waals surface area (Å²) in [5.41, 5.74) is 1.05. The van der Waals surface area contributed by atoms with Crippen LogP contribution in [-0.4, -0.2) is 43.8 Å². The maximum Gasteiger partial charge on any atom is 0.123 e. The van der Waals surface area contributed by atoms with Gasteiger partial charge in [-0.05, 0) is 44.0 Å². The van der Waals surface area contributed by atoms with Gasteiger partial charge in [0, 0.05) is 25.2 Å². The zero-order chi connectivity index (χ0) is 15.1. The summed E-state index contributed by atoms with van der Waals surface area (Å²) >= 11 is 0. The van der Waals surface area contributed by atoms with E-state index in [4.69, 9.17) is 4.74 Å². The molecule has 3 nitrogen and oxygen atoms in total. The van der Waals surface area contributed by atoms with Crippen molar-refractivity contribution in [3.05, 3.63) is 35.6 Å². The zero-order valence-corrected chi connectivity index (χ0v) is 13.1. The van der Waals surface area contributed by atoms with Crippen LogP contribution in [0.15, 0.2) is 24.3 Å². The van der Waals surface area contributed by atoms with Crippen molar-refractivity contribution in [2.75, 3.05) is 32.8 Å². The Morgan fingerprint density at radius 2 is 2.33 bits per heavy atom. The van der Waals surface area contributed by atoms with Crippen molar-refractivity contribution in [1.82, 2.24) is 10.2 Å². The molecule has 1 aliphatic rings. The van der Waals surface area contributed by atoms with Gasteiger partial charge in [0.2, 0.25) is 0 Å². The molecule has 0 aromatic heterocycles.